The van der Waals surface area contributed by atoms with Crippen LogP contribution >= 0.6 is 0 Å². The van der Waals surface area contributed by atoms with Crippen LogP contribution in [0.1, 0.15) is 89.3 Å². The molecule has 3 aromatic carbocycles. The lowest BCUT2D eigenvalue weighted by Crippen LogP contribution is -2.48. The molecule has 4 aliphatic heterocycles. The van der Waals surface area contributed by atoms with Crippen molar-refractivity contribution in [3.8, 4) is 41.1 Å². The van der Waals surface area contributed by atoms with Crippen molar-refractivity contribution in [2.24, 2.45) is 0 Å². The summed E-state index contributed by atoms with van der Waals surface area (Å²) in [5.74, 6) is 1.20. The van der Waals surface area contributed by atoms with E-state index in [2.05, 4.69) is 15.8 Å². The molecule has 5 aromatic rings. The monoisotopic (exact) mass is 920 g/mol. The fourth-order valence-corrected chi connectivity index (χ4v) is 10.5. The SMILES string of the molecule is C#Cc1c(F)ccc2cc(OCOC)cc(-c3ncc4c(C5CC6CCC(C5)N6C(=O)OC(C)(C)C)nc(OC[C@@]56CCCN5[C@H](COC(=O)Oc5ccc([N+](=O)[O-])cc5)CC6)nc4c3F)c12. The van der Waals surface area contributed by atoms with E-state index in [0.29, 0.717) is 41.5 Å². The standard InChI is InChI=1S/C49H50F2N6O10/c1-6-36-39(50)15-8-28-22-35(65-27-62-5)23-37(40(28)36)43-41(51)44-38(24-52-43)42(29-20-31-9-10-32(21-29)56(31)46(58)67-48(2,3)4)53-45(54-44)64-26-49-17-7-19-55(49)33(16-18-49)25-63-47(59)66-34-13-11-30(12-14-34)57(60)61/h1,8,11-15,22-24,29,31-33H,7,9-10,16-21,25-27H2,2-5H3/t29?,31?,32?,33-,49-/m0/s1. The van der Waals surface area contributed by atoms with Gasteiger partial charge in [0.15, 0.2) is 12.6 Å². The van der Waals surface area contributed by atoms with Crippen LogP contribution in [0.15, 0.2) is 54.7 Å². The number of nitrogens with zero attached hydrogens (tertiary/aromatic N) is 6. The Morgan fingerprint density at radius 2 is 1.76 bits per heavy atom. The van der Waals surface area contributed by atoms with Crippen molar-refractivity contribution in [3.63, 3.8) is 0 Å². The molecule has 2 bridgehead atoms. The largest absolute Gasteiger partial charge is 0.513 e. The Morgan fingerprint density at radius 3 is 2.46 bits per heavy atom. The molecule has 2 unspecified atom stereocenters. The number of hydrogen-bond acceptors (Lipinski definition) is 14. The van der Waals surface area contributed by atoms with Gasteiger partial charge in [0, 0.05) is 65.8 Å². The second-order valence-electron chi connectivity index (χ2n) is 18.6. The minimum atomic E-state index is -0.928. The number of terminal acetylenes is 1. The molecular formula is C49H50F2N6O10. The first kappa shape index (κ1) is 45.4. The van der Waals surface area contributed by atoms with E-state index in [1.54, 1.807) is 12.1 Å². The average molecular weight is 921 g/mol. The molecule has 18 heteroatoms. The first-order valence-electron chi connectivity index (χ1n) is 22.4. The van der Waals surface area contributed by atoms with Gasteiger partial charge in [0.2, 0.25) is 0 Å². The maximum absolute atomic E-state index is 17.6. The fraction of sp³-hybridized carbons (Fsp3) is 0.449. The summed E-state index contributed by atoms with van der Waals surface area (Å²) in [6.45, 7) is 6.36. The predicted molar refractivity (Wildman–Crippen MR) is 240 cm³/mol. The molecule has 0 spiro atoms. The van der Waals surface area contributed by atoms with Crippen molar-refractivity contribution in [1.29, 1.82) is 0 Å². The lowest BCUT2D eigenvalue weighted by atomic mass is 9.86. The van der Waals surface area contributed by atoms with Crippen LogP contribution in [0.4, 0.5) is 24.1 Å². The third-order valence-corrected chi connectivity index (χ3v) is 13.3. The van der Waals surface area contributed by atoms with Crippen molar-refractivity contribution < 1.29 is 51.7 Å². The highest BCUT2D eigenvalue weighted by Crippen LogP contribution is 2.47. The van der Waals surface area contributed by atoms with Gasteiger partial charge in [-0.25, -0.2) is 18.4 Å². The van der Waals surface area contributed by atoms with Crippen molar-refractivity contribution in [2.45, 2.75) is 107 Å². The zero-order valence-electron chi connectivity index (χ0n) is 37.6. The molecule has 0 aliphatic carbocycles. The van der Waals surface area contributed by atoms with Gasteiger partial charge in [-0.05, 0) is 114 Å². The van der Waals surface area contributed by atoms with Crippen LogP contribution in [-0.2, 0) is 14.2 Å². The minimum Gasteiger partial charge on any atom is -0.468 e. The zero-order chi connectivity index (χ0) is 47.2. The topological polar surface area (TPSA) is 178 Å². The van der Waals surface area contributed by atoms with E-state index >= 15 is 8.78 Å². The van der Waals surface area contributed by atoms with Gasteiger partial charge < -0.3 is 33.3 Å². The number of nitro benzene ring substituents is 1. The number of amides is 1. The fourth-order valence-electron chi connectivity index (χ4n) is 10.5. The summed E-state index contributed by atoms with van der Waals surface area (Å²) in [5, 5.41) is 12.2. The number of aromatic nitrogens is 3. The number of rotatable bonds is 12. The third-order valence-electron chi connectivity index (χ3n) is 13.3. The normalized spacial score (nSPS) is 22.4. The summed E-state index contributed by atoms with van der Waals surface area (Å²) < 4.78 is 67.0. The van der Waals surface area contributed by atoms with Gasteiger partial charge in [0.05, 0.1) is 21.7 Å². The smallest absolute Gasteiger partial charge is 0.468 e. The third kappa shape index (κ3) is 8.97. The summed E-state index contributed by atoms with van der Waals surface area (Å²) in [5.41, 5.74) is -0.763. The van der Waals surface area contributed by atoms with Gasteiger partial charge in [-0.2, -0.15) is 9.97 Å². The second kappa shape index (κ2) is 18.2. The number of methoxy groups -OCH3 is 1. The molecule has 1 amide bonds. The zero-order valence-corrected chi connectivity index (χ0v) is 37.6. The Kier molecular flexibility index (Phi) is 12.3. The number of ether oxygens (including phenoxy) is 6. The predicted octanol–water partition coefficient (Wildman–Crippen LogP) is 9.23. The molecule has 4 fully saturated rings. The van der Waals surface area contributed by atoms with Crippen LogP contribution < -0.4 is 14.2 Å². The maximum atomic E-state index is 17.6. The van der Waals surface area contributed by atoms with Gasteiger partial charge in [-0.15, -0.1) is 6.42 Å². The molecule has 350 valence electrons. The minimum absolute atomic E-state index is 0.0366. The molecular weight excluding hydrogens is 871 g/mol. The van der Waals surface area contributed by atoms with E-state index < -0.39 is 33.9 Å². The molecule has 0 saturated carbocycles. The Morgan fingerprint density at radius 1 is 1.00 bits per heavy atom. The van der Waals surface area contributed by atoms with Crippen molar-refractivity contribution in [2.75, 3.05) is 33.7 Å². The number of carbonyl (C=O) groups excluding carboxylic acids is 2. The number of fused-ring (bicyclic) bond motifs is 5. The average Bonchev–Trinajstić information content (AvgIpc) is 3.95. The number of benzene rings is 3. The molecule has 0 radical (unpaired) electrons. The number of non-ortho nitro benzene ring substituents is 1. The molecule has 2 aromatic heterocycles. The molecule has 4 atom stereocenters. The van der Waals surface area contributed by atoms with E-state index in [4.69, 9.17) is 44.8 Å². The summed E-state index contributed by atoms with van der Waals surface area (Å²) in [6.07, 6.45) is 11.8. The van der Waals surface area contributed by atoms with E-state index in [9.17, 15) is 19.7 Å². The number of carbonyl (C=O) groups is 2. The van der Waals surface area contributed by atoms with Crippen LogP contribution in [0.5, 0.6) is 17.5 Å². The molecule has 4 aliphatic rings. The van der Waals surface area contributed by atoms with Crippen LogP contribution in [0.3, 0.4) is 0 Å². The van der Waals surface area contributed by atoms with Crippen molar-refractivity contribution >= 4 is 39.6 Å². The van der Waals surface area contributed by atoms with Gasteiger partial charge in [-0.3, -0.25) is 20.0 Å². The Hall–Kier alpha value is -6.71. The molecule has 4 saturated heterocycles. The summed E-state index contributed by atoms with van der Waals surface area (Å²) in [4.78, 5) is 55.1. The summed E-state index contributed by atoms with van der Waals surface area (Å²) >= 11 is 0. The number of pyridine rings is 1. The van der Waals surface area contributed by atoms with Crippen LogP contribution in [0.2, 0.25) is 0 Å². The van der Waals surface area contributed by atoms with Gasteiger partial charge in [0.25, 0.3) is 5.69 Å². The number of halogens is 2. The quantitative estimate of drug-likeness (QED) is 0.0289. The molecule has 0 N–H and O–H groups in total. The van der Waals surface area contributed by atoms with Crippen LogP contribution in [0, 0.1) is 34.1 Å². The maximum Gasteiger partial charge on any atom is 0.513 e. The number of hydrogen-bond donors (Lipinski definition) is 0. The van der Waals surface area contributed by atoms with Crippen molar-refractivity contribution in [3.05, 3.63) is 87.7 Å². The number of nitro groups is 1. The Labute approximate surface area is 385 Å². The highest BCUT2D eigenvalue weighted by molar-refractivity contribution is 6.02. The van der Waals surface area contributed by atoms with E-state index in [0.717, 1.165) is 38.6 Å². The van der Waals surface area contributed by atoms with Crippen LogP contribution in [-0.4, -0.2) is 105 Å². The number of piperidine rings is 1. The van der Waals surface area contributed by atoms with Gasteiger partial charge in [-0.1, -0.05) is 12.0 Å². The van der Waals surface area contributed by atoms with Crippen LogP contribution in [0.25, 0.3) is 32.9 Å². The first-order valence-corrected chi connectivity index (χ1v) is 22.4. The van der Waals surface area contributed by atoms with Crippen molar-refractivity contribution in [1.82, 2.24) is 24.8 Å². The second-order valence-corrected chi connectivity index (χ2v) is 18.6. The van der Waals surface area contributed by atoms with E-state index in [-0.39, 0.29) is 95.3 Å². The lowest BCUT2D eigenvalue weighted by Gasteiger charge is -2.39. The summed E-state index contributed by atoms with van der Waals surface area (Å²) in [6, 6.07) is 10.7. The highest BCUT2D eigenvalue weighted by Gasteiger charge is 2.51. The molecule has 9 rings (SSSR count). The van der Waals surface area contributed by atoms with E-state index in [1.807, 2.05) is 25.7 Å². The molecule has 67 heavy (non-hydrogen) atoms. The van der Waals surface area contributed by atoms with Gasteiger partial charge in [0.1, 0.15) is 47.3 Å². The van der Waals surface area contributed by atoms with E-state index in [1.165, 1.54) is 49.7 Å². The lowest BCUT2D eigenvalue weighted by molar-refractivity contribution is -0.384. The Bertz CT molecular complexity index is 2780. The summed E-state index contributed by atoms with van der Waals surface area (Å²) in [7, 11) is 1.47. The highest BCUT2D eigenvalue weighted by atomic mass is 19.1. The first-order chi connectivity index (χ1) is 32.1. The molecule has 16 nitrogen and oxygen atoms in total. The molecule has 6 heterocycles. The van der Waals surface area contributed by atoms with Gasteiger partial charge >= 0.3 is 18.3 Å². The Balaban J connectivity index is 1.04.